The minimum Gasteiger partial charge on any atom is -0.396 e. The van der Waals surface area contributed by atoms with Gasteiger partial charge < -0.3 is 15.5 Å². The molecule has 0 spiro atoms. The monoisotopic (exact) mass is 241 g/mol. The van der Waals surface area contributed by atoms with Gasteiger partial charge in [0, 0.05) is 25.0 Å². The summed E-state index contributed by atoms with van der Waals surface area (Å²) >= 11 is 0. The number of aliphatic hydroxyl groups is 2. The Bertz CT molecular complexity index is 263. The molecule has 2 rings (SSSR count). The van der Waals surface area contributed by atoms with Crippen molar-refractivity contribution in [3.05, 3.63) is 0 Å². The first-order chi connectivity index (χ1) is 8.19. The molecule has 2 aliphatic rings. The molecule has 0 bridgehead atoms. The van der Waals surface area contributed by atoms with Crippen molar-refractivity contribution in [2.45, 2.75) is 57.1 Å². The van der Waals surface area contributed by atoms with Crippen molar-refractivity contribution in [3.8, 4) is 0 Å². The molecule has 17 heavy (non-hydrogen) atoms. The Morgan fingerprint density at radius 3 is 2.53 bits per heavy atom. The van der Waals surface area contributed by atoms with Crippen LogP contribution >= 0.6 is 0 Å². The van der Waals surface area contributed by atoms with E-state index < -0.39 is 6.10 Å². The van der Waals surface area contributed by atoms with E-state index in [1.807, 2.05) is 0 Å². The maximum Gasteiger partial charge on any atom is 0.220 e. The first-order valence-corrected chi connectivity index (χ1v) is 6.77. The van der Waals surface area contributed by atoms with Gasteiger partial charge in [-0.25, -0.2) is 0 Å². The maximum absolute atomic E-state index is 11.8. The summed E-state index contributed by atoms with van der Waals surface area (Å²) in [6.45, 7) is 0.0101. The molecule has 0 aromatic rings. The van der Waals surface area contributed by atoms with Gasteiger partial charge in [-0.3, -0.25) is 4.79 Å². The number of amides is 1. The van der Waals surface area contributed by atoms with Crippen molar-refractivity contribution in [2.75, 3.05) is 6.61 Å². The fourth-order valence-corrected chi connectivity index (χ4v) is 3.18. The summed E-state index contributed by atoms with van der Waals surface area (Å²) < 4.78 is 0. The molecule has 2 saturated carbocycles. The Kier molecular flexibility index (Phi) is 4.40. The summed E-state index contributed by atoms with van der Waals surface area (Å²) in [6.07, 6.45) is 6.34. The molecule has 1 amide bonds. The Hall–Kier alpha value is -0.610. The topological polar surface area (TPSA) is 69.6 Å². The zero-order valence-corrected chi connectivity index (χ0v) is 10.3. The molecule has 2 aliphatic carbocycles. The van der Waals surface area contributed by atoms with Crippen LogP contribution in [0.25, 0.3) is 0 Å². The van der Waals surface area contributed by atoms with Crippen LogP contribution in [0.1, 0.15) is 44.9 Å². The lowest BCUT2D eigenvalue weighted by molar-refractivity contribution is -0.122. The summed E-state index contributed by atoms with van der Waals surface area (Å²) in [5.41, 5.74) is 0. The highest BCUT2D eigenvalue weighted by molar-refractivity contribution is 5.76. The molecule has 0 aliphatic heterocycles. The van der Waals surface area contributed by atoms with Crippen molar-refractivity contribution in [3.63, 3.8) is 0 Å². The number of aliphatic hydroxyl groups excluding tert-OH is 2. The van der Waals surface area contributed by atoms with Gasteiger partial charge in [-0.2, -0.15) is 0 Å². The predicted octanol–water partition coefficient (Wildman–Crippen LogP) is 0.815. The molecule has 3 unspecified atom stereocenters. The van der Waals surface area contributed by atoms with Crippen LogP contribution in [0.15, 0.2) is 0 Å². The highest BCUT2D eigenvalue weighted by atomic mass is 16.3. The van der Waals surface area contributed by atoms with Crippen LogP contribution in [0.5, 0.6) is 0 Å². The van der Waals surface area contributed by atoms with E-state index >= 15 is 0 Å². The third-order valence-electron chi connectivity index (χ3n) is 4.21. The van der Waals surface area contributed by atoms with Gasteiger partial charge in [0.25, 0.3) is 0 Å². The zero-order chi connectivity index (χ0) is 12.3. The maximum atomic E-state index is 11.8. The SMILES string of the molecule is O=C(CC1CCCC1)NC1CC(O)C(CO)C1. The molecule has 2 fully saturated rings. The second-order valence-electron chi connectivity index (χ2n) is 5.60. The van der Waals surface area contributed by atoms with E-state index in [2.05, 4.69) is 5.32 Å². The fourth-order valence-electron chi connectivity index (χ4n) is 3.18. The second kappa shape index (κ2) is 5.83. The number of hydrogen-bond donors (Lipinski definition) is 3. The Morgan fingerprint density at radius 2 is 1.94 bits per heavy atom. The van der Waals surface area contributed by atoms with E-state index in [9.17, 15) is 9.90 Å². The molecule has 0 radical (unpaired) electrons. The van der Waals surface area contributed by atoms with Crippen LogP contribution in [0, 0.1) is 11.8 Å². The summed E-state index contributed by atoms with van der Waals surface area (Å²) in [7, 11) is 0. The molecule has 0 aromatic carbocycles. The van der Waals surface area contributed by atoms with E-state index in [1.54, 1.807) is 0 Å². The average molecular weight is 241 g/mol. The van der Waals surface area contributed by atoms with E-state index in [4.69, 9.17) is 5.11 Å². The molecule has 0 aromatic heterocycles. The van der Waals surface area contributed by atoms with Crippen LogP contribution in [0.4, 0.5) is 0 Å². The smallest absolute Gasteiger partial charge is 0.220 e. The number of nitrogens with one attached hydrogen (secondary N) is 1. The summed E-state index contributed by atoms with van der Waals surface area (Å²) in [5, 5.41) is 21.7. The molecule has 4 nitrogen and oxygen atoms in total. The van der Waals surface area contributed by atoms with Crippen LogP contribution in [-0.2, 0) is 4.79 Å². The van der Waals surface area contributed by atoms with E-state index in [0.717, 1.165) is 0 Å². The lowest BCUT2D eigenvalue weighted by Crippen LogP contribution is -2.34. The highest BCUT2D eigenvalue weighted by Crippen LogP contribution is 2.29. The van der Waals surface area contributed by atoms with Crippen molar-refractivity contribution in [1.29, 1.82) is 0 Å². The Balaban J connectivity index is 1.71. The molecule has 0 saturated heterocycles. The highest BCUT2D eigenvalue weighted by Gasteiger charge is 2.33. The van der Waals surface area contributed by atoms with Gasteiger partial charge in [0.2, 0.25) is 5.91 Å². The number of hydrogen-bond acceptors (Lipinski definition) is 3. The molecule has 98 valence electrons. The lowest BCUT2D eigenvalue weighted by atomic mass is 10.0. The van der Waals surface area contributed by atoms with Crippen LogP contribution in [0.3, 0.4) is 0 Å². The van der Waals surface area contributed by atoms with Gasteiger partial charge in [-0.05, 0) is 31.6 Å². The van der Waals surface area contributed by atoms with E-state index in [-0.39, 0.29) is 24.5 Å². The van der Waals surface area contributed by atoms with Gasteiger partial charge in [0.1, 0.15) is 0 Å². The van der Waals surface area contributed by atoms with Gasteiger partial charge in [-0.15, -0.1) is 0 Å². The number of carbonyl (C=O) groups is 1. The Labute approximate surface area is 102 Å². The van der Waals surface area contributed by atoms with Crippen LogP contribution in [-0.4, -0.2) is 34.9 Å². The Morgan fingerprint density at radius 1 is 1.24 bits per heavy atom. The molecule has 0 heterocycles. The fraction of sp³-hybridized carbons (Fsp3) is 0.923. The van der Waals surface area contributed by atoms with Gasteiger partial charge in [0.15, 0.2) is 0 Å². The quantitative estimate of drug-likeness (QED) is 0.682. The van der Waals surface area contributed by atoms with E-state index in [1.165, 1.54) is 25.7 Å². The molecule has 3 N–H and O–H groups in total. The average Bonchev–Trinajstić information content (AvgIpc) is 2.88. The van der Waals surface area contributed by atoms with Gasteiger partial charge in [-0.1, -0.05) is 12.8 Å². The predicted molar refractivity (Wildman–Crippen MR) is 64.3 cm³/mol. The third-order valence-corrected chi connectivity index (χ3v) is 4.21. The molecular formula is C13H23NO3. The van der Waals surface area contributed by atoms with Crippen molar-refractivity contribution < 1.29 is 15.0 Å². The normalized spacial score (nSPS) is 34.1. The minimum absolute atomic E-state index is 0.0101. The van der Waals surface area contributed by atoms with Gasteiger partial charge >= 0.3 is 0 Å². The molecule has 4 heteroatoms. The van der Waals surface area contributed by atoms with Gasteiger partial charge in [0.05, 0.1) is 6.10 Å². The summed E-state index contributed by atoms with van der Waals surface area (Å²) in [5.74, 6) is 0.620. The minimum atomic E-state index is -0.461. The third kappa shape index (κ3) is 3.42. The number of rotatable bonds is 4. The van der Waals surface area contributed by atoms with Crippen molar-refractivity contribution in [2.24, 2.45) is 11.8 Å². The first kappa shape index (κ1) is 12.8. The lowest BCUT2D eigenvalue weighted by Gasteiger charge is -2.14. The summed E-state index contributed by atoms with van der Waals surface area (Å²) in [4.78, 5) is 11.8. The van der Waals surface area contributed by atoms with Crippen molar-refractivity contribution >= 4 is 5.91 Å². The molecule has 3 atom stereocenters. The second-order valence-corrected chi connectivity index (χ2v) is 5.60. The zero-order valence-electron chi connectivity index (χ0n) is 10.3. The van der Waals surface area contributed by atoms with Crippen molar-refractivity contribution in [1.82, 2.24) is 5.32 Å². The standard InChI is InChI=1S/C13H23NO3/c15-8-10-6-11(7-12(10)16)14-13(17)5-9-3-1-2-4-9/h9-12,15-16H,1-8H2,(H,14,17). The molecular weight excluding hydrogens is 218 g/mol. The van der Waals surface area contributed by atoms with E-state index in [0.29, 0.717) is 25.2 Å². The van der Waals surface area contributed by atoms with Crippen LogP contribution < -0.4 is 5.32 Å². The summed E-state index contributed by atoms with van der Waals surface area (Å²) in [6, 6.07) is 0.0519. The first-order valence-electron chi connectivity index (χ1n) is 6.77. The largest absolute Gasteiger partial charge is 0.396 e. The number of carbonyl (C=O) groups excluding carboxylic acids is 1. The van der Waals surface area contributed by atoms with Crippen LogP contribution in [0.2, 0.25) is 0 Å².